The fraction of sp³-hybridized carbons (Fsp3) is 0.200. The van der Waals surface area contributed by atoms with E-state index >= 15 is 0 Å². The Bertz CT molecular complexity index is 1440. The molecular formula is C25H24F3N4O5P. The van der Waals surface area contributed by atoms with E-state index in [2.05, 4.69) is 19.7 Å². The number of benzene rings is 3. The Labute approximate surface area is 215 Å². The molecule has 4 aromatic rings. The Balaban J connectivity index is 1.52. The van der Waals surface area contributed by atoms with Crippen molar-refractivity contribution < 1.29 is 36.8 Å². The number of aromatic amines is 1. The third kappa shape index (κ3) is 6.85. The highest BCUT2D eigenvalue weighted by Gasteiger charge is 2.35. The van der Waals surface area contributed by atoms with Crippen molar-refractivity contribution in [2.45, 2.75) is 25.2 Å². The van der Waals surface area contributed by atoms with Crippen molar-refractivity contribution in [2.24, 2.45) is 5.73 Å². The van der Waals surface area contributed by atoms with Crippen LogP contribution >= 0.6 is 7.82 Å². The third-order valence-electron chi connectivity index (χ3n) is 5.56. The quantitative estimate of drug-likeness (QED) is 0.214. The van der Waals surface area contributed by atoms with E-state index in [9.17, 15) is 17.7 Å². The number of phosphoric acid groups is 1. The molecule has 0 saturated carbocycles. The number of hydrogen-bond donors (Lipinski definition) is 4. The van der Waals surface area contributed by atoms with Gasteiger partial charge in [0.25, 0.3) is 0 Å². The molecule has 0 aliphatic carbocycles. The minimum absolute atomic E-state index is 0.0334. The van der Waals surface area contributed by atoms with Crippen LogP contribution in [0.4, 0.5) is 13.2 Å². The molecule has 0 radical (unpaired) electrons. The lowest BCUT2D eigenvalue weighted by atomic mass is 10.0. The average Bonchev–Trinajstić information content (AvgIpc) is 3.38. The van der Waals surface area contributed by atoms with Crippen LogP contribution in [0.1, 0.15) is 23.9 Å². The molecule has 13 heteroatoms. The molecule has 38 heavy (non-hydrogen) atoms. The van der Waals surface area contributed by atoms with Crippen LogP contribution in [0.3, 0.4) is 0 Å². The molecule has 0 saturated heterocycles. The number of H-pyrrole nitrogens is 1. The Morgan fingerprint density at radius 1 is 0.974 bits per heavy atom. The molecule has 0 bridgehead atoms. The number of nitrogens with two attached hydrogens (primary N) is 1. The standard InChI is InChI=1S/C25H24F3N4O5P/c1-24(29,15-37-38(33,34)35)23-30-22(31-32-23)19-11-12-21(20(13-19)25(26,27)28)36-14-16-7-9-18(10-8-16)17-5-3-2-4-6-17/h2-13H,14-15,29H2,1H3,(H,30,31,32)(H2,33,34,35)/t24-/m0/s1. The van der Waals surface area contributed by atoms with Gasteiger partial charge in [-0.25, -0.2) is 9.55 Å². The minimum Gasteiger partial charge on any atom is -0.488 e. The van der Waals surface area contributed by atoms with Gasteiger partial charge < -0.3 is 20.3 Å². The summed E-state index contributed by atoms with van der Waals surface area (Å²) in [6.45, 7) is 0.684. The maximum Gasteiger partial charge on any atom is 0.469 e. The number of alkyl halides is 3. The summed E-state index contributed by atoms with van der Waals surface area (Å²) in [7, 11) is -4.79. The van der Waals surface area contributed by atoms with E-state index in [1.165, 1.54) is 19.1 Å². The van der Waals surface area contributed by atoms with Gasteiger partial charge in [0.05, 0.1) is 17.7 Å². The van der Waals surface area contributed by atoms with E-state index in [4.69, 9.17) is 20.3 Å². The first kappa shape index (κ1) is 27.5. The summed E-state index contributed by atoms with van der Waals surface area (Å²) in [5.74, 6) is -0.488. The predicted octanol–water partition coefficient (Wildman–Crippen LogP) is 5.02. The van der Waals surface area contributed by atoms with Crippen molar-refractivity contribution in [1.29, 1.82) is 0 Å². The SMILES string of the molecule is C[C@](N)(COP(=O)(O)O)c1nc(-c2ccc(OCc3ccc(-c4ccccc4)cc3)c(C(F)(F)F)c2)n[nH]1. The molecule has 0 aliphatic heterocycles. The maximum absolute atomic E-state index is 13.9. The van der Waals surface area contributed by atoms with Crippen LogP contribution in [0.5, 0.6) is 5.75 Å². The molecule has 0 unspecified atom stereocenters. The lowest BCUT2D eigenvalue weighted by Gasteiger charge is -2.21. The fourth-order valence-corrected chi connectivity index (χ4v) is 3.97. The van der Waals surface area contributed by atoms with Crippen LogP contribution in [0, 0.1) is 0 Å². The van der Waals surface area contributed by atoms with E-state index in [0.29, 0.717) is 5.56 Å². The molecule has 1 heterocycles. The lowest BCUT2D eigenvalue weighted by Crippen LogP contribution is -2.39. The normalized spacial score (nSPS) is 13.8. The number of aromatic nitrogens is 3. The van der Waals surface area contributed by atoms with Crippen molar-refractivity contribution in [2.75, 3.05) is 6.61 Å². The number of rotatable bonds is 9. The number of nitrogens with zero attached hydrogens (tertiary/aromatic N) is 2. The first-order chi connectivity index (χ1) is 17.8. The highest BCUT2D eigenvalue weighted by molar-refractivity contribution is 7.46. The second-order valence-corrected chi connectivity index (χ2v) is 9.99. The molecule has 9 nitrogen and oxygen atoms in total. The molecule has 5 N–H and O–H groups in total. The topological polar surface area (TPSA) is 144 Å². The Kier molecular flexibility index (Phi) is 7.73. The zero-order chi connectivity index (χ0) is 27.6. The first-order valence-corrected chi connectivity index (χ1v) is 12.8. The van der Waals surface area contributed by atoms with E-state index < -0.39 is 31.7 Å². The van der Waals surface area contributed by atoms with Gasteiger partial charge in [-0.3, -0.25) is 9.62 Å². The second kappa shape index (κ2) is 10.7. The van der Waals surface area contributed by atoms with Crippen LogP contribution in [-0.2, 0) is 27.4 Å². The van der Waals surface area contributed by atoms with E-state index in [1.807, 2.05) is 42.5 Å². The second-order valence-electron chi connectivity index (χ2n) is 8.75. The zero-order valence-corrected chi connectivity index (χ0v) is 20.9. The van der Waals surface area contributed by atoms with E-state index in [1.54, 1.807) is 12.1 Å². The van der Waals surface area contributed by atoms with Gasteiger partial charge in [0, 0.05) is 5.56 Å². The largest absolute Gasteiger partial charge is 0.488 e. The van der Waals surface area contributed by atoms with Crippen LogP contribution in [0.15, 0.2) is 72.8 Å². The fourth-order valence-electron chi connectivity index (χ4n) is 3.53. The Hall–Kier alpha value is -3.54. The number of hydrogen-bond acceptors (Lipinski definition) is 6. The van der Waals surface area contributed by atoms with E-state index in [0.717, 1.165) is 17.2 Å². The number of ether oxygens (including phenoxy) is 1. The van der Waals surface area contributed by atoms with Crippen molar-refractivity contribution in [3.63, 3.8) is 0 Å². The number of phosphoric ester groups is 1. The molecule has 200 valence electrons. The molecule has 0 amide bonds. The number of nitrogens with one attached hydrogen (secondary N) is 1. The average molecular weight is 548 g/mol. The van der Waals surface area contributed by atoms with Crippen LogP contribution in [0.2, 0.25) is 0 Å². The molecular weight excluding hydrogens is 524 g/mol. The van der Waals surface area contributed by atoms with Gasteiger partial charge in [-0.15, -0.1) is 0 Å². The first-order valence-electron chi connectivity index (χ1n) is 11.2. The zero-order valence-electron chi connectivity index (χ0n) is 20.0. The minimum atomic E-state index is -4.79. The molecule has 1 atom stereocenters. The summed E-state index contributed by atoms with van der Waals surface area (Å²) in [6, 6.07) is 20.4. The van der Waals surface area contributed by atoms with Gasteiger partial charge in [0.2, 0.25) is 0 Å². The van der Waals surface area contributed by atoms with Crippen molar-refractivity contribution in [1.82, 2.24) is 15.2 Å². The number of halogens is 3. The van der Waals surface area contributed by atoms with Crippen molar-refractivity contribution >= 4 is 7.82 Å². The maximum atomic E-state index is 13.9. The summed E-state index contributed by atoms with van der Waals surface area (Å²) < 4.78 is 62.6. The van der Waals surface area contributed by atoms with Gasteiger partial charge in [0.1, 0.15) is 18.2 Å². The summed E-state index contributed by atoms with van der Waals surface area (Å²) in [5.41, 5.74) is 6.21. The Morgan fingerprint density at radius 2 is 1.61 bits per heavy atom. The van der Waals surface area contributed by atoms with Crippen molar-refractivity contribution in [3.05, 3.63) is 89.7 Å². The highest BCUT2D eigenvalue weighted by Crippen LogP contribution is 2.40. The molecule has 1 aromatic heterocycles. The lowest BCUT2D eigenvalue weighted by molar-refractivity contribution is -0.139. The highest BCUT2D eigenvalue weighted by atomic mass is 31.2. The molecule has 0 fully saturated rings. The predicted molar refractivity (Wildman–Crippen MR) is 133 cm³/mol. The van der Waals surface area contributed by atoms with Gasteiger partial charge in [0.15, 0.2) is 5.82 Å². The monoisotopic (exact) mass is 548 g/mol. The summed E-state index contributed by atoms with van der Waals surface area (Å²) in [4.78, 5) is 21.9. The smallest absolute Gasteiger partial charge is 0.469 e. The Morgan fingerprint density at radius 3 is 2.24 bits per heavy atom. The van der Waals surface area contributed by atoms with Gasteiger partial charge in [-0.05, 0) is 41.8 Å². The summed E-state index contributed by atoms with van der Waals surface area (Å²) in [6.07, 6.45) is -4.72. The van der Waals surface area contributed by atoms with E-state index in [-0.39, 0.29) is 29.6 Å². The van der Waals surface area contributed by atoms with Gasteiger partial charge in [-0.1, -0.05) is 54.6 Å². The van der Waals surface area contributed by atoms with Crippen LogP contribution < -0.4 is 10.5 Å². The van der Waals surface area contributed by atoms with Crippen molar-refractivity contribution in [3.8, 4) is 28.3 Å². The summed E-state index contributed by atoms with van der Waals surface area (Å²) >= 11 is 0. The molecule has 0 aliphatic rings. The van der Waals surface area contributed by atoms with Crippen LogP contribution in [-0.4, -0.2) is 31.6 Å². The van der Waals surface area contributed by atoms with Gasteiger partial charge >= 0.3 is 14.0 Å². The summed E-state index contributed by atoms with van der Waals surface area (Å²) in [5, 5.41) is 6.39. The van der Waals surface area contributed by atoms with Crippen LogP contribution in [0.25, 0.3) is 22.5 Å². The molecule has 4 rings (SSSR count). The molecule has 0 spiro atoms. The van der Waals surface area contributed by atoms with Gasteiger partial charge in [-0.2, -0.15) is 18.3 Å². The third-order valence-corrected chi connectivity index (χ3v) is 6.02. The molecule has 3 aromatic carbocycles.